The first-order chi connectivity index (χ1) is 14.8. The standard InChI is InChI=1S/C17H32N2O.C9H7N/c1-2-3-4-5-6-7-8-9-10-11-12-16-15-18-17(19-16)13-14-20;1-2-6-9-8(4-1)5-3-7-10-9/h15,20H,2-14H2,1H3,(H,18,19);1-7H. The van der Waals surface area contributed by atoms with Crippen LogP contribution in [-0.2, 0) is 12.8 Å². The average molecular weight is 410 g/mol. The number of pyridine rings is 1. The number of nitrogens with one attached hydrogen (secondary N) is 1. The fourth-order valence-electron chi connectivity index (χ4n) is 3.58. The van der Waals surface area contributed by atoms with Crippen LogP contribution in [0.2, 0.25) is 0 Å². The highest BCUT2D eigenvalue weighted by molar-refractivity contribution is 5.77. The number of aryl methyl sites for hydroxylation is 1. The Hall–Kier alpha value is -2.20. The summed E-state index contributed by atoms with van der Waals surface area (Å²) in [5.74, 6) is 0.912. The second kappa shape index (κ2) is 15.6. The Morgan fingerprint density at radius 1 is 0.767 bits per heavy atom. The van der Waals surface area contributed by atoms with Crippen molar-refractivity contribution in [2.24, 2.45) is 0 Å². The van der Waals surface area contributed by atoms with E-state index in [-0.39, 0.29) is 6.61 Å². The van der Waals surface area contributed by atoms with E-state index in [1.165, 1.54) is 75.3 Å². The number of rotatable bonds is 13. The van der Waals surface area contributed by atoms with Crippen LogP contribution >= 0.6 is 0 Å². The minimum absolute atomic E-state index is 0.172. The minimum Gasteiger partial charge on any atom is -0.396 e. The van der Waals surface area contributed by atoms with Gasteiger partial charge in [0.15, 0.2) is 0 Å². The van der Waals surface area contributed by atoms with Gasteiger partial charge in [-0.3, -0.25) is 4.98 Å². The molecular formula is C26H39N3O. The first-order valence-corrected chi connectivity index (χ1v) is 11.8. The van der Waals surface area contributed by atoms with Gasteiger partial charge in [-0.15, -0.1) is 0 Å². The van der Waals surface area contributed by atoms with Crippen molar-refractivity contribution < 1.29 is 5.11 Å². The van der Waals surface area contributed by atoms with Crippen molar-refractivity contribution in [2.75, 3.05) is 6.61 Å². The highest BCUT2D eigenvalue weighted by atomic mass is 16.3. The Labute approximate surface area is 182 Å². The zero-order valence-corrected chi connectivity index (χ0v) is 18.7. The summed E-state index contributed by atoms with van der Waals surface area (Å²) in [6.45, 7) is 2.44. The van der Waals surface area contributed by atoms with Gasteiger partial charge in [0.2, 0.25) is 0 Å². The van der Waals surface area contributed by atoms with Gasteiger partial charge in [-0.1, -0.05) is 89.0 Å². The van der Waals surface area contributed by atoms with Crippen LogP contribution in [-0.4, -0.2) is 26.7 Å². The van der Waals surface area contributed by atoms with Crippen molar-refractivity contribution in [3.63, 3.8) is 0 Å². The molecule has 0 amide bonds. The van der Waals surface area contributed by atoms with Crippen LogP contribution in [0.25, 0.3) is 10.9 Å². The van der Waals surface area contributed by atoms with Crippen LogP contribution in [0.1, 0.15) is 82.7 Å². The summed E-state index contributed by atoms with van der Waals surface area (Å²) in [5.41, 5.74) is 2.28. The molecule has 3 aromatic rings. The molecule has 4 heteroatoms. The van der Waals surface area contributed by atoms with Gasteiger partial charge in [0.1, 0.15) is 5.82 Å². The van der Waals surface area contributed by atoms with Gasteiger partial charge in [0.25, 0.3) is 0 Å². The second-order valence-electron chi connectivity index (χ2n) is 7.96. The Kier molecular flexibility index (Phi) is 12.5. The Balaban J connectivity index is 0.000000263. The molecule has 0 fully saturated rings. The van der Waals surface area contributed by atoms with Gasteiger partial charge in [-0.2, -0.15) is 0 Å². The predicted octanol–water partition coefficient (Wildman–Crippen LogP) is 6.64. The van der Waals surface area contributed by atoms with Crippen LogP contribution in [0.5, 0.6) is 0 Å². The lowest BCUT2D eigenvalue weighted by molar-refractivity contribution is 0.297. The van der Waals surface area contributed by atoms with Crippen LogP contribution in [0.15, 0.2) is 48.8 Å². The minimum atomic E-state index is 0.172. The number of imidazole rings is 1. The van der Waals surface area contributed by atoms with Gasteiger partial charge in [0.05, 0.1) is 12.1 Å². The zero-order chi connectivity index (χ0) is 21.3. The van der Waals surface area contributed by atoms with Crippen LogP contribution in [0.3, 0.4) is 0 Å². The maximum Gasteiger partial charge on any atom is 0.108 e. The van der Waals surface area contributed by atoms with Gasteiger partial charge >= 0.3 is 0 Å². The highest BCUT2D eigenvalue weighted by Gasteiger charge is 2.00. The predicted molar refractivity (Wildman–Crippen MR) is 127 cm³/mol. The van der Waals surface area contributed by atoms with Gasteiger partial charge < -0.3 is 10.1 Å². The number of unbranched alkanes of at least 4 members (excludes halogenated alkanes) is 9. The Morgan fingerprint density at radius 2 is 1.43 bits per heavy atom. The van der Waals surface area contributed by atoms with Crippen LogP contribution < -0.4 is 0 Å². The summed E-state index contributed by atoms with van der Waals surface area (Å²) in [6, 6.07) is 12.1. The molecule has 2 N–H and O–H groups in total. The molecule has 3 rings (SSSR count). The van der Waals surface area contributed by atoms with Crippen molar-refractivity contribution >= 4 is 10.9 Å². The summed E-state index contributed by atoms with van der Waals surface area (Å²) < 4.78 is 0. The van der Waals surface area contributed by atoms with E-state index < -0.39 is 0 Å². The fourth-order valence-corrected chi connectivity index (χ4v) is 3.58. The molecule has 0 saturated carbocycles. The molecule has 0 aliphatic heterocycles. The number of hydrogen-bond donors (Lipinski definition) is 2. The maximum absolute atomic E-state index is 8.83. The van der Waals surface area contributed by atoms with E-state index in [4.69, 9.17) is 5.11 Å². The molecule has 30 heavy (non-hydrogen) atoms. The van der Waals surface area contributed by atoms with Crippen molar-refractivity contribution in [3.05, 3.63) is 60.3 Å². The topological polar surface area (TPSA) is 61.8 Å². The monoisotopic (exact) mass is 409 g/mol. The quantitative estimate of drug-likeness (QED) is 0.311. The number of hydrogen-bond acceptors (Lipinski definition) is 3. The molecule has 2 heterocycles. The lowest BCUT2D eigenvalue weighted by atomic mass is 10.1. The Morgan fingerprint density at radius 3 is 2.13 bits per heavy atom. The molecule has 0 aliphatic rings. The molecule has 164 valence electrons. The largest absolute Gasteiger partial charge is 0.396 e. The number of fused-ring (bicyclic) bond motifs is 1. The van der Waals surface area contributed by atoms with Gasteiger partial charge in [-0.25, -0.2) is 4.98 Å². The molecule has 0 atom stereocenters. The summed E-state index contributed by atoms with van der Waals surface area (Å²) in [5, 5.41) is 10.0. The highest BCUT2D eigenvalue weighted by Crippen LogP contribution is 2.12. The van der Waals surface area contributed by atoms with Crippen molar-refractivity contribution in [2.45, 2.75) is 84.0 Å². The molecule has 0 spiro atoms. The Bertz CT molecular complexity index is 734. The molecule has 0 bridgehead atoms. The molecule has 0 aliphatic carbocycles. The maximum atomic E-state index is 8.83. The van der Waals surface area contributed by atoms with Crippen LogP contribution in [0.4, 0.5) is 0 Å². The lowest BCUT2D eigenvalue weighted by Crippen LogP contribution is -1.93. The first kappa shape index (κ1) is 24.1. The van der Waals surface area contributed by atoms with E-state index in [1.54, 1.807) is 0 Å². The number of benzene rings is 1. The second-order valence-corrected chi connectivity index (χ2v) is 7.96. The van der Waals surface area contributed by atoms with E-state index >= 15 is 0 Å². The third kappa shape index (κ3) is 10.0. The van der Waals surface area contributed by atoms with Gasteiger partial charge in [0, 0.05) is 29.9 Å². The average Bonchev–Trinajstić information content (AvgIpc) is 3.23. The number of aliphatic hydroxyl groups excluding tert-OH is 1. The van der Waals surface area contributed by atoms with E-state index in [1.807, 2.05) is 36.7 Å². The summed E-state index contributed by atoms with van der Waals surface area (Å²) in [6.07, 6.45) is 19.2. The number of aromatic nitrogens is 3. The van der Waals surface area contributed by atoms with E-state index in [2.05, 4.69) is 34.0 Å². The fraction of sp³-hybridized carbons (Fsp3) is 0.538. The SMILES string of the molecule is CCCCCCCCCCCCc1cnc(CCO)[nH]1.c1ccc2ncccc2c1. The summed E-state index contributed by atoms with van der Waals surface area (Å²) in [4.78, 5) is 11.7. The van der Waals surface area contributed by atoms with Gasteiger partial charge in [-0.05, 0) is 25.0 Å². The summed E-state index contributed by atoms with van der Waals surface area (Å²) in [7, 11) is 0. The molecule has 1 aromatic carbocycles. The lowest BCUT2D eigenvalue weighted by Gasteiger charge is -2.02. The zero-order valence-electron chi connectivity index (χ0n) is 18.7. The van der Waals surface area contributed by atoms with Crippen LogP contribution in [0, 0.1) is 0 Å². The third-order valence-electron chi connectivity index (χ3n) is 5.34. The normalized spacial score (nSPS) is 10.7. The third-order valence-corrected chi connectivity index (χ3v) is 5.34. The molecule has 0 unspecified atom stereocenters. The number of aromatic amines is 1. The smallest absolute Gasteiger partial charge is 0.108 e. The van der Waals surface area contributed by atoms with E-state index in [0.717, 1.165) is 17.8 Å². The molecule has 0 saturated heterocycles. The van der Waals surface area contributed by atoms with Crippen molar-refractivity contribution in [3.8, 4) is 0 Å². The van der Waals surface area contributed by atoms with E-state index in [0.29, 0.717) is 6.42 Å². The molecule has 2 aromatic heterocycles. The number of para-hydroxylation sites is 1. The number of H-pyrrole nitrogens is 1. The summed E-state index contributed by atoms with van der Waals surface area (Å²) >= 11 is 0. The van der Waals surface area contributed by atoms with E-state index in [9.17, 15) is 0 Å². The number of nitrogens with zero attached hydrogens (tertiary/aromatic N) is 2. The first-order valence-electron chi connectivity index (χ1n) is 11.8. The molecular weight excluding hydrogens is 370 g/mol. The van der Waals surface area contributed by atoms with Crippen molar-refractivity contribution in [1.29, 1.82) is 0 Å². The molecule has 4 nitrogen and oxygen atoms in total. The molecule has 0 radical (unpaired) electrons. The van der Waals surface area contributed by atoms with Crippen molar-refractivity contribution in [1.82, 2.24) is 15.0 Å². The number of aliphatic hydroxyl groups is 1.